The highest BCUT2D eigenvalue weighted by Crippen LogP contribution is 2.46. The number of hydrogen-bond donors (Lipinski definition) is 3. The number of pyridine rings is 1. The van der Waals surface area contributed by atoms with E-state index in [2.05, 4.69) is 30.9 Å². The maximum absolute atomic E-state index is 12.9. The molecule has 0 spiro atoms. The van der Waals surface area contributed by atoms with Gasteiger partial charge in [0.2, 0.25) is 11.9 Å². The Morgan fingerprint density at radius 2 is 1.82 bits per heavy atom. The van der Waals surface area contributed by atoms with Crippen LogP contribution in [0.25, 0.3) is 11.3 Å². The van der Waals surface area contributed by atoms with Crippen LogP contribution in [0.1, 0.15) is 36.5 Å². The first-order valence-electron chi connectivity index (χ1n) is 11.2. The molecule has 2 aromatic heterocycles. The zero-order chi connectivity index (χ0) is 22.8. The fourth-order valence-corrected chi connectivity index (χ4v) is 4.84. The predicted octanol–water partition coefficient (Wildman–Crippen LogP) is 3.51. The van der Waals surface area contributed by atoms with Crippen molar-refractivity contribution in [3.8, 4) is 11.3 Å². The van der Waals surface area contributed by atoms with E-state index in [1.807, 2.05) is 18.2 Å². The predicted molar refractivity (Wildman–Crippen MR) is 126 cm³/mol. The molecule has 3 aliphatic carbocycles. The molecule has 0 radical (unpaired) electrons. The van der Waals surface area contributed by atoms with Gasteiger partial charge in [-0.2, -0.15) is 0 Å². The molecule has 0 aliphatic heterocycles. The van der Waals surface area contributed by atoms with Crippen LogP contribution >= 0.6 is 0 Å². The van der Waals surface area contributed by atoms with E-state index in [0.29, 0.717) is 29.0 Å². The average molecular weight is 443 g/mol. The summed E-state index contributed by atoms with van der Waals surface area (Å²) in [4.78, 5) is 37.5. The molecule has 3 saturated carbocycles. The maximum atomic E-state index is 12.9. The van der Waals surface area contributed by atoms with Crippen LogP contribution in [0.15, 0.2) is 61.1 Å². The van der Waals surface area contributed by atoms with Crippen LogP contribution in [0.4, 0.5) is 11.6 Å². The summed E-state index contributed by atoms with van der Waals surface area (Å²) in [5, 5.41) is 9.45. The van der Waals surface area contributed by atoms with E-state index in [1.165, 1.54) is 6.92 Å². The van der Waals surface area contributed by atoms with Gasteiger partial charge >= 0.3 is 0 Å². The molecule has 6 rings (SSSR count). The fourth-order valence-electron chi connectivity index (χ4n) is 4.84. The van der Waals surface area contributed by atoms with E-state index in [-0.39, 0.29) is 23.9 Å². The molecule has 3 aromatic rings. The third kappa shape index (κ3) is 4.69. The van der Waals surface area contributed by atoms with Gasteiger partial charge in [-0.05, 0) is 67.5 Å². The number of nitrogens with zero attached hydrogens (tertiary/aromatic N) is 3. The van der Waals surface area contributed by atoms with Crippen molar-refractivity contribution >= 4 is 23.5 Å². The Morgan fingerprint density at radius 1 is 0.970 bits per heavy atom. The third-order valence-electron chi connectivity index (χ3n) is 6.55. The summed E-state index contributed by atoms with van der Waals surface area (Å²) in [6, 6.07) is 13.0. The summed E-state index contributed by atoms with van der Waals surface area (Å²) < 4.78 is 0. The molecule has 8 nitrogen and oxygen atoms in total. The molecule has 33 heavy (non-hydrogen) atoms. The second kappa shape index (κ2) is 8.97. The lowest BCUT2D eigenvalue weighted by Gasteiger charge is -2.51. The number of amides is 2. The number of aromatic nitrogens is 3. The lowest BCUT2D eigenvalue weighted by molar-refractivity contribution is -0.114. The summed E-state index contributed by atoms with van der Waals surface area (Å²) in [6.45, 7) is 1.45. The van der Waals surface area contributed by atoms with Crippen LogP contribution < -0.4 is 16.0 Å². The number of anilines is 2. The lowest BCUT2D eigenvalue weighted by Crippen LogP contribution is -2.57. The number of nitrogens with one attached hydrogen (secondary N) is 3. The Labute approximate surface area is 192 Å². The minimum Gasteiger partial charge on any atom is -0.351 e. The Bertz CT molecular complexity index is 1160. The Kier molecular flexibility index (Phi) is 5.73. The molecule has 0 unspecified atom stereocenters. The van der Waals surface area contributed by atoms with Gasteiger partial charge < -0.3 is 16.0 Å². The number of benzene rings is 1. The van der Waals surface area contributed by atoms with Gasteiger partial charge in [0.1, 0.15) is 0 Å². The van der Waals surface area contributed by atoms with Gasteiger partial charge in [0.05, 0.1) is 5.69 Å². The summed E-state index contributed by atoms with van der Waals surface area (Å²) in [5.41, 5.74) is 2.93. The van der Waals surface area contributed by atoms with Crippen molar-refractivity contribution in [2.75, 3.05) is 10.6 Å². The molecule has 0 saturated heterocycles. The monoisotopic (exact) mass is 442 g/mol. The van der Waals surface area contributed by atoms with Crippen molar-refractivity contribution < 1.29 is 9.59 Å². The molecule has 8 heteroatoms. The van der Waals surface area contributed by atoms with Gasteiger partial charge in [-0.15, -0.1) is 0 Å². The van der Waals surface area contributed by atoms with Gasteiger partial charge in [-0.3, -0.25) is 14.6 Å². The molecule has 3 fully saturated rings. The third-order valence-corrected chi connectivity index (χ3v) is 6.55. The van der Waals surface area contributed by atoms with Crippen molar-refractivity contribution in [2.45, 2.75) is 38.3 Å². The van der Waals surface area contributed by atoms with Gasteiger partial charge in [0, 0.05) is 54.4 Å². The van der Waals surface area contributed by atoms with Gasteiger partial charge in [0.15, 0.2) is 0 Å². The largest absolute Gasteiger partial charge is 0.351 e. The summed E-state index contributed by atoms with van der Waals surface area (Å²) in [5.74, 6) is 1.38. The van der Waals surface area contributed by atoms with Gasteiger partial charge in [-0.25, -0.2) is 9.97 Å². The Morgan fingerprint density at radius 3 is 2.61 bits per heavy atom. The number of hydrogen-bond acceptors (Lipinski definition) is 6. The van der Waals surface area contributed by atoms with Gasteiger partial charge in [0.25, 0.3) is 5.91 Å². The van der Waals surface area contributed by atoms with Crippen molar-refractivity contribution in [3.63, 3.8) is 0 Å². The zero-order valence-corrected chi connectivity index (χ0v) is 18.4. The molecular formula is C25H26N6O2. The Hall–Kier alpha value is -3.81. The van der Waals surface area contributed by atoms with Crippen LogP contribution in [0.2, 0.25) is 0 Å². The van der Waals surface area contributed by atoms with Crippen LogP contribution in [0.5, 0.6) is 0 Å². The number of fused-ring (bicyclic) bond motifs is 2. The van der Waals surface area contributed by atoms with Crippen LogP contribution in [-0.4, -0.2) is 38.8 Å². The summed E-state index contributed by atoms with van der Waals surface area (Å²) >= 11 is 0. The quantitative estimate of drug-likeness (QED) is 0.539. The fraction of sp³-hybridized carbons (Fsp3) is 0.320. The molecule has 1 aromatic carbocycles. The second-order valence-electron chi connectivity index (χ2n) is 8.83. The van der Waals surface area contributed by atoms with Crippen molar-refractivity contribution in [3.05, 3.63) is 66.6 Å². The van der Waals surface area contributed by atoms with Crippen LogP contribution in [-0.2, 0) is 4.79 Å². The maximum Gasteiger partial charge on any atom is 0.251 e. The lowest BCUT2D eigenvalue weighted by atomic mass is 9.60. The molecule has 2 bridgehead atoms. The molecule has 2 amide bonds. The highest BCUT2D eigenvalue weighted by atomic mass is 16.2. The van der Waals surface area contributed by atoms with Crippen molar-refractivity contribution in [1.29, 1.82) is 0 Å². The number of carbonyl (C=O) groups excluding carboxylic acids is 2. The highest BCUT2D eigenvalue weighted by Gasteiger charge is 2.46. The number of carbonyl (C=O) groups is 2. The van der Waals surface area contributed by atoms with E-state index >= 15 is 0 Å². The molecule has 2 atom stereocenters. The SMILES string of the molecule is CC(=O)Nc1cccc(C(=O)N[C@@H]2C[C@H](Nc3nccc(-c4cccnc4)n3)C3CC2C3)c1. The van der Waals surface area contributed by atoms with E-state index in [4.69, 9.17) is 0 Å². The van der Waals surface area contributed by atoms with E-state index in [0.717, 1.165) is 30.5 Å². The van der Waals surface area contributed by atoms with E-state index < -0.39 is 0 Å². The molecule has 3 aliphatic rings. The molecule has 168 valence electrons. The van der Waals surface area contributed by atoms with E-state index in [1.54, 1.807) is 42.9 Å². The second-order valence-corrected chi connectivity index (χ2v) is 8.83. The summed E-state index contributed by atoms with van der Waals surface area (Å²) in [6.07, 6.45) is 8.27. The van der Waals surface area contributed by atoms with E-state index in [9.17, 15) is 9.59 Å². The average Bonchev–Trinajstić information content (AvgIpc) is 2.79. The van der Waals surface area contributed by atoms with Crippen molar-refractivity contribution in [2.24, 2.45) is 11.8 Å². The smallest absolute Gasteiger partial charge is 0.251 e. The van der Waals surface area contributed by atoms with Gasteiger partial charge in [-0.1, -0.05) is 6.07 Å². The molecule has 2 heterocycles. The first kappa shape index (κ1) is 21.1. The van der Waals surface area contributed by atoms with Crippen LogP contribution in [0, 0.1) is 11.8 Å². The first-order valence-corrected chi connectivity index (χ1v) is 11.2. The summed E-state index contributed by atoms with van der Waals surface area (Å²) in [7, 11) is 0. The highest BCUT2D eigenvalue weighted by molar-refractivity contribution is 5.97. The topological polar surface area (TPSA) is 109 Å². The minimum atomic E-state index is -0.163. The minimum absolute atomic E-state index is 0.0888. The zero-order valence-electron chi connectivity index (χ0n) is 18.4. The normalized spacial score (nSPS) is 23.2. The molecular weight excluding hydrogens is 416 g/mol. The first-order chi connectivity index (χ1) is 16.0. The van der Waals surface area contributed by atoms with Crippen molar-refractivity contribution in [1.82, 2.24) is 20.3 Å². The molecule has 3 N–H and O–H groups in total. The standard InChI is InChI=1S/C25H26N6O2/c1-15(32)28-20-6-2-4-16(12-20)24(33)29-22-13-23(19-10-18(22)11-19)31-25-27-9-7-21(30-25)17-5-3-8-26-14-17/h2-9,12,14,18-19,22-23H,10-11,13H2,1H3,(H,28,32)(H,29,33)(H,27,30,31)/t18?,19?,22-,23+/m1/s1. The Balaban J connectivity index is 1.25. The van der Waals surface area contributed by atoms with Crippen LogP contribution in [0.3, 0.4) is 0 Å². The number of rotatable bonds is 6.